The highest BCUT2D eigenvalue weighted by molar-refractivity contribution is 6.30. The van der Waals surface area contributed by atoms with Crippen LogP contribution < -0.4 is 15.4 Å². The van der Waals surface area contributed by atoms with Crippen molar-refractivity contribution in [3.8, 4) is 5.75 Å². The third kappa shape index (κ3) is 2.70. The molecule has 0 aromatic heterocycles. The molecule has 1 aliphatic rings. The summed E-state index contributed by atoms with van der Waals surface area (Å²) >= 11 is 5.89. The highest BCUT2D eigenvalue weighted by atomic mass is 35.5. The highest BCUT2D eigenvalue weighted by Gasteiger charge is 2.25. The first-order valence-corrected chi connectivity index (χ1v) is 6.66. The topological polar surface area (TPSA) is 50.4 Å². The molecule has 0 bridgehead atoms. The van der Waals surface area contributed by atoms with Gasteiger partial charge in [0.1, 0.15) is 5.75 Å². The Bertz CT molecular complexity index is 645. The second kappa shape index (κ2) is 5.43. The number of carbonyl (C=O) groups excluding carboxylic acids is 1. The van der Waals surface area contributed by atoms with Gasteiger partial charge in [0.25, 0.3) is 5.91 Å². The molecule has 1 atom stereocenters. The Kier molecular flexibility index (Phi) is 3.48. The van der Waals surface area contributed by atoms with E-state index in [-0.39, 0.29) is 5.91 Å². The molecule has 4 nitrogen and oxygen atoms in total. The van der Waals surface area contributed by atoms with Gasteiger partial charge in [-0.2, -0.15) is 0 Å². The summed E-state index contributed by atoms with van der Waals surface area (Å²) in [7, 11) is 0. The Morgan fingerprint density at radius 1 is 1.25 bits per heavy atom. The number of hydrogen-bond donors (Lipinski definition) is 2. The number of para-hydroxylation sites is 2. The van der Waals surface area contributed by atoms with E-state index in [2.05, 4.69) is 10.6 Å². The average molecular weight is 289 g/mol. The first-order valence-electron chi connectivity index (χ1n) is 6.28. The SMILES string of the molecule is O=C(Nc1cccc(Cl)c1)C1CNc2ccccc2O1. The summed E-state index contributed by atoms with van der Waals surface area (Å²) in [5.41, 5.74) is 1.56. The monoisotopic (exact) mass is 288 g/mol. The average Bonchev–Trinajstić information content (AvgIpc) is 2.47. The molecular formula is C15H13ClN2O2. The van der Waals surface area contributed by atoms with Gasteiger partial charge in [0.05, 0.1) is 12.2 Å². The number of nitrogens with one attached hydrogen (secondary N) is 2. The second-order valence-corrected chi connectivity index (χ2v) is 4.92. The standard InChI is InChI=1S/C15H13ClN2O2/c16-10-4-3-5-11(8-10)18-15(19)14-9-17-12-6-1-2-7-13(12)20-14/h1-8,14,17H,9H2,(H,18,19). The van der Waals surface area contributed by atoms with Crippen LogP contribution in [-0.4, -0.2) is 18.6 Å². The Morgan fingerprint density at radius 2 is 2.10 bits per heavy atom. The second-order valence-electron chi connectivity index (χ2n) is 4.48. The van der Waals surface area contributed by atoms with Gasteiger partial charge in [0.2, 0.25) is 0 Å². The van der Waals surface area contributed by atoms with Gasteiger partial charge in [0.15, 0.2) is 6.10 Å². The number of rotatable bonds is 2. The van der Waals surface area contributed by atoms with Crippen molar-refractivity contribution in [3.63, 3.8) is 0 Å². The zero-order valence-corrected chi connectivity index (χ0v) is 11.4. The lowest BCUT2D eigenvalue weighted by Gasteiger charge is -2.26. The lowest BCUT2D eigenvalue weighted by atomic mass is 10.2. The van der Waals surface area contributed by atoms with E-state index in [4.69, 9.17) is 16.3 Å². The van der Waals surface area contributed by atoms with Crippen LogP contribution in [0.4, 0.5) is 11.4 Å². The summed E-state index contributed by atoms with van der Waals surface area (Å²) in [6, 6.07) is 14.6. The zero-order chi connectivity index (χ0) is 13.9. The van der Waals surface area contributed by atoms with E-state index in [9.17, 15) is 4.79 Å². The number of amides is 1. The molecule has 102 valence electrons. The van der Waals surface area contributed by atoms with Crippen LogP contribution in [-0.2, 0) is 4.79 Å². The van der Waals surface area contributed by atoms with Gasteiger partial charge in [-0.15, -0.1) is 0 Å². The summed E-state index contributed by atoms with van der Waals surface area (Å²) in [6.45, 7) is 0.434. The van der Waals surface area contributed by atoms with E-state index >= 15 is 0 Å². The maximum atomic E-state index is 12.2. The third-order valence-corrected chi connectivity index (χ3v) is 3.25. The van der Waals surface area contributed by atoms with Crippen LogP contribution in [0, 0.1) is 0 Å². The molecule has 2 aromatic carbocycles. The fraction of sp³-hybridized carbons (Fsp3) is 0.133. The minimum Gasteiger partial charge on any atom is -0.477 e. The molecule has 0 saturated carbocycles. The van der Waals surface area contributed by atoms with Crippen LogP contribution in [0.25, 0.3) is 0 Å². The number of anilines is 2. The van der Waals surface area contributed by atoms with Crippen LogP contribution in [0.2, 0.25) is 5.02 Å². The highest BCUT2D eigenvalue weighted by Crippen LogP contribution is 2.28. The van der Waals surface area contributed by atoms with Gasteiger partial charge in [-0.05, 0) is 30.3 Å². The Balaban J connectivity index is 1.70. The molecule has 2 aromatic rings. The number of benzene rings is 2. The molecule has 1 unspecified atom stereocenters. The molecule has 1 heterocycles. The van der Waals surface area contributed by atoms with Gasteiger partial charge in [-0.3, -0.25) is 4.79 Å². The van der Waals surface area contributed by atoms with Crippen LogP contribution in [0.15, 0.2) is 48.5 Å². The molecule has 0 radical (unpaired) electrons. The van der Waals surface area contributed by atoms with Crippen LogP contribution >= 0.6 is 11.6 Å². The van der Waals surface area contributed by atoms with Crippen molar-refractivity contribution in [3.05, 3.63) is 53.6 Å². The molecule has 1 aliphatic heterocycles. The summed E-state index contributed by atoms with van der Waals surface area (Å²) < 4.78 is 5.69. The summed E-state index contributed by atoms with van der Waals surface area (Å²) in [5, 5.41) is 6.55. The minimum absolute atomic E-state index is 0.200. The molecule has 3 rings (SSSR count). The first-order chi connectivity index (χ1) is 9.72. The number of fused-ring (bicyclic) bond motifs is 1. The van der Waals surface area contributed by atoms with Gasteiger partial charge in [-0.25, -0.2) is 0 Å². The van der Waals surface area contributed by atoms with Crippen molar-refractivity contribution in [2.45, 2.75) is 6.10 Å². The predicted octanol–water partition coefficient (Wildman–Crippen LogP) is 3.15. The normalized spacial score (nSPS) is 16.6. The molecule has 0 fully saturated rings. The van der Waals surface area contributed by atoms with Crippen LogP contribution in [0.5, 0.6) is 5.75 Å². The lowest BCUT2D eigenvalue weighted by molar-refractivity contribution is -0.122. The van der Waals surface area contributed by atoms with E-state index in [1.807, 2.05) is 24.3 Å². The summed E-state index contributed by atoms with van der Waals surface area (Å²) in [6.07, 6.45) is -0.566. The molecule has 0 spiro atoms. The number of hydrogen-bond acceptors (Lipinski definition) is 3. The van der Waals surface area contributed by atoms with Crippen molar-refractivity contribution in [2.75, 3.05) is 17.2 Å². The minimum atomic E-state index is -0.566. The molecular weight excluding hydrogens is 276 g/mol. The fourth-order valence-electron chi connectivity index (χ4n) is 2.05. The summed E-state index contributed by atoms with van der Waals surface area (Å²) in [5.74, 6) is 0.485. The van der Waals surface area contributed by atoms with E-state index < -0.39 is 6.10 Å². The van der Waals surface area contributed by atoms with Crippen molar-refractivity contribution in [1.82, 2.24) is 0 Å². The molecule has 5 heteroatoms. The molecule has 2 N–H and O–H groups in total. The number of ether oxygens (including phenoxy) is 1. The first kappa shape index (κ1) is 12.8. The van der Waals surface area contributed by atoms with Crippen molar-refractivity contribution < 1.29 is 9.53 Å². The largest absolute Gasteiger partial charge is 0.477 e. The molecule has 0 aliphatic carbocycles. The number of halogens is 1. The quantitative estimate of drug-likeness (QED) is 0.892. The zero-order valence-electron chi connectivity index (χ0n) is 10.6. The Labute approximate surface area is 121 Å². The van der Waals surface area contributed by atoms with Gasteiger partial charge < -0.3 is 15.4 Å². The lowest BCUT2D eigenvalue weighted by Crippen LogP contribution is -2.41. The third-order valence-electron chi connectivity index (χ3n) is 3.02. The summed E-state index contributed by atoms with van der Waals surface area (Å²) in [4.78, 5) is 12.2. The van der Waals surface area contributed by atoms with Gasteiger partial charge >= 0.3 is 0 Å². The number of carbonyl (C=O) groups is 1. The molecule has 0 saturated heterocycles. The Morgan fingerprint density at radius 3 is 2.95 bits per heavy atom. The molecule has 1 amide bonds. The smallest absolute Gasteiger partial charge is 0.267 e. The van der Waals surface area contributed by atoms with Crippen molar-refractivity contribution in [2.24, 2.45) is 0 Å². The van der Waals surface area contributed by atoms with E-state index in [0.717, 1.165) is 5.69 Å². The maximum Gasteiger partial charge on any atom is 0.267 e. The van der Waals surface area contributed by atoms with Gasteiger partial charge in [0, 0.05) is 10.7 Å². The fourth-order valence-corrected chi connectivity index (χ4v) is 2.24. The Hall–Kier alpha value is -2.20. The maximum absolute atomic E-state index is 12.2. The molecule has 20 heavy (non-hydrogen) atoms. The van der Waals surface area contributed by atoms with E-state index in [0.29, 0.717) is 23.0 Å². The van der Waals surface area contributed by atoms with Crippen molar-refractivity contribution >= 4 is 28.9 Å². The predicted molar refractivity (Wildman–Crippen MR) is 79.4 cm³/mol. The van der Waals surface area contributed by atoms with Crippen LogP contribution in [0.1, 0.15) is 0 Å². The van der Waals surface area contributed by atoms with E-state index in [1.165, 1.54) is 0 Å². The van der Waals surface area contributed by atoms with Gasteiger partial charge in [-0.1, -0.05) is 29.8 Å². The van der Waals surface area contributed by atoms with Crippen LogP contribution in [0.3, 0.4) is 0 Å². The van der Waals surface area contributed by atoms with Crippen molar-refractivity contribution in [1.29, 1.82) is 0 Å². The van der Waals surface area contributed by atoms with E-state index in [1.54, 1.807) is 24.3 Å².